The van der Waals surface area contributed by atoms with E-state index in [9.17, 15) is 9.59 Å². The molecule has 2 atom stereocenters. The second-order valence-corrected chi connectivity index (χ2v) is 5.60. The average Bonchev–Trinajstić information content (AvgIpc) is 2.90. The van der Waals surface area contributed by atoms with Crippen molar-refractivity contribution in [3.8, 4) is 0 Å². The monoisotopic (exact) mass is 293 g/mol. The van der Waals surface area contributed by atoms with Gasteiger partial charge in [-0.1, -0.05) is 0 Å². The Hall–Kier alpha value is -2.05. The third-order valence-electron chi connectivity index (χ3n) is 3.53. The Bertz CT molecular complexity index is 474. The molecule has 0 spiro atoms. The molecule has 1 aliphatic rings. The summed E-state index contributed by atoms with van der Waals surface area (Å²) in [6.07, 6.45) is 7.16. The van der Waals surface area contributed by atoms with Gasteiger partial charge in [0, 0.05) is 51.0 Å². The summed E-state index contributed by atoms with van der Waals surface area (Å²) < 4.78 is 1.93. The molecule has 1 aromatic rings. The summed E-state index contributed by atoms with van der Waals surface area (Å²) in [5, 5.41) is 5.87. The summed E-state index contributed by atoms with van der Waals surface area (Å²) in [7, 11) is 0. The molecule has 0 aromatic carbocycles. The van der Waals surface area contributed by atoms with E-state index in [0.29, 0.717) is 13.1 Å². The molecule has 2 N–H and O–H groups in total. The lowest BCUT2D eigenvalue weighted by Crippen LogP contribution is -2.53. The number of amides is 3. The molecule has 2 heterocycles. The molecule has 0 saturated carbocycles. The molecule has 21 heavy (non-hydrogen) atoms. The molecule has 0 radical (unpaired) electrons. The van der Waals surface area contributed by atoms with E-state index >= 15 is 0 Å². The van der Waals surface area contributed by atoms with Gasteiger partial charge in [0.25, 0.3) is 0 Å². The van der Waals surface area contributed by atoms with E-state index in [4.69, 9.17) is 0 Å². The Labute approximate surface area is 124 Å². The van der Waals surface area contributed by atoms with Gasteiger partial charge < -0.3 is 20.1 Å². The lowest BCUT2D eigenvalue weighted by Gasteiger charge is -2.33. The number of nitrogens with one attached hydrogen (secondary N) is 2. The molecule has 1 aliphatic heterocycles. The van der Waals surface area contributed by atoms with Crippen LogP contribution in [0.1, 0.15) is 26.7 Å². The quantitative estimate of drug-likeness (QED) is 0.852. The first-order valence-corrected chi connectivity index (χ1v) is 7.33. The predicted octanol–water partition coefficient (Wildman–Crippen LogP) is 0.582. The summed E-state index contributed by atoms with van der Waals surface area (Å²) >= 11 is 0. The lowest BCUT2D eigenvalue weighted by atomic mass is 10.1. The lowest BCUT2D eigenvalue weighted by molar-refractivity contribution is -0.119. The minimum absolute atomic E-state index is 0.0212. The smallest absolute Gasteiger partial charge is 0.317 e. The molecule has 0 bridgehead atoms. The van der Waals surface area contributed by atoms with Crippen LogP contribution < -0.4 is 10.6 Å². The van der Waals surface area contributed by atoms with Crippen molar-refractivity contribution in [2.24, 2.45) is 0 Å². The van der Waals surface area contributed by atoms with E-state index in [2.05, 4.69) is 15.6 Å². The van der Waals surface area contributed by atoms with Crippen LogP contribution in [0.2, 0.25) is 0 Å². The van der Waals surface area contributed by atoms with Crippen LogP contribution in [0.3, 0.4) is 0 Å². The Kier molecular flexibility index (Phi) is 5.19. The second kappa shape index (κ2) is 7.10. The third-order valence-corrected chi connectivity index (χ3v) is 3.53. The highest BCUT2D eigenvalue weighted by molar-refractivity contribution is 5.75. The molecule has 116 valence electrons. The molecular weight excluding hydrogens is 270 g/mol. The number of rotatable bonds is 4. The van der Waals surface area contributed by atoms with Crippen LogP contribution >= 0.6 is 0 Å². The number of piperidine rings is 1. The van der Waals surface area contributed by atoms with Crippen molar-refractivity contribution in [1.82, 2.24) is 25.1 Å². The number of likely N-dealkylation sites (tertiary alicyclic amines) is 1. The van der Waals surface area contributed by atoms with E-state index in [1.165, 1.54) is 6.92 Å². The molecule has 2 rings (SSSR count). The Balaban J connectivity index is 1.80. The number of nitrogens with zero attached hydrogens (tertiary/aromatic N) is 3. The van der Waals surface area contributed by atoms with Gasteiger partial charge >= 0.3 is 6.03 Å². The van der Waals surface area contributed by atoms with Crippen molar-refractivity contribution in [3.63, 3.8) is 0 Å². The SMILES string of the molecule is CC(=O)NC1CCCN(C(=O)NC(C)Cn2ccnc2)C1. The molecule has 0 aliphatic carbocycles. The first kappa shape index (κ1) is 15.3. The highest BCUT2D eigenvalue weighted by atomic mass is 16.2. The molecule has 7 heteroatoms. The van der Waals surface area contributed by atoms with Crippen molar-refractivity contribution < 1.29 is 9.59 Å². The Morgan fingerprint density at radius 1 is 1.48 bits per heavy atom. The van der Waals surface area contributed by atoms with Gasteiger partial charge in [0.2, 0.25) is 5.91 Å². The maximum absolute atomic E-state index is 12.2. The maximum Gasteiger partial charge on any atom is 0.317 e. The van der Waals surface area contributed by atoms with Crippen molar-refractivity contribution >= 4 is 11.9 Å². The third kappa shape index (κ3) is 4.77. The van der Waals surface area contributed by atoms with Gasteiger partial charge in [0.1, 0.15) is 0 Å². The average molecular weight is 293 g/mol. The van der Waals surface area contributed by atoms with E-state index in [1.807, 2.05) is 17.7 Å². The maximum atomic E-state index is 12.2. The summed E-state index contributed by atoms with van der Waals surface area (Å²) in [6, 6.07) is 0.0106. The topological polar surface area (TPSA) is 79.3 Å². The molecular formula is C14H23N5O2. The summed E-state index contributed by atoms with van der Waals surface area (Å²) in [5.41, 5.74) is 0. The van der Waals surface area contributed by atoms with E-state index < -0.39 is 0 Å². The standard InChI is InChI=1S/C14H23N5O2/c1-11(8-18-7-5-15-10-18)16-14(21)19-6-3-4-13(9-19)17-12(2)20/h5,7,10-11,13H,3-4,6,8-9H2,1-2H3,(H,16,21)(H,17,20). The zero-order chi connectivity index (χ0) is 15.2. The molecule has 1 saturated heterocycles. The van der Waals surface area contributed by atoms with Crippen molar-refractivity contribution in [2.45, 2.75) is 45.3 Å². The van der Waals surface area contributed by atoms with Crippen LogP contribution in [0.5, 0.6) is 0 Å². The van der Waals surface area contributed by atoms with Crippen molar-refractivity contribution in [1.29, 1.82) is 0 Å². The zero-order valence-electron chi connectivity index (χ0n) is 12.6. The van der Waals surface area contributed by atoms with E-state index in [1.54, 1.807) is 17.4 Å². The molecule has 1 aromatic heterocycles. The first-order chi connectivity index (χ1) is 10.0. The number of hydrogen-bond acceptors (Lipinski definition) is 3. The second-order valence-electron chi connectivity index (χ2n) is 5.60. The number of urea groups is 1. The number of imidazole rings is 1. The summed E-state index contributed by atoms with van der Waals surface area (Å²) in [4.78, 5) is 29.1. The highest BCUT2D eigenvalue weighted by Gasteiger charge is 2.24. The fourth-order valence-corrected chi connectivity index (χ4v) is 2.63. The Morgan fingerprint density at radius 2 is 2.29 bits per heavy atom. The van der Waals surface area contributed by atoms with Gasteiger partial charge in [-0.3, -0.25) is 4.79 Å². The van der Waals surface area contributed by atoms with Crippen LogP contribution in [0, 0.1) is 0 Å². The number of carbonyl (C=O) groups excluding carboxylic acids is 2. The van der Waals surface area contributed by atoms with Gasteiger partial charge in [-0.05, 0) is 19.8 Å². The molecule has 3 amide bonds. The van der Waals surface area contributed by atoms with Gasteiger partial charge in [-0.15, -0.1) is 0 Å². The van der Waals surface area contributed by atoms with Crippen LogP contribution in [-0.2, 0) is 11.3 Å². The predicted molar refractivity (Wildman–Crippen MR) is 78.6 cm³/mol. The number of aromatic nitrogens is 2. The van der Waals surface area contributed by atoms with Crippen molar-refractivity contribution in [3.05, 3.63) is 18.7 Å². The number of carbonyl (C=O) groups is 2. The van der Waals surface area contributed by atoms with E-state index in [0.717, 1.165) is 19.4 Å². The van der Waals surface area contributed by atoms with E-state index in [-0.39, 0.29) is 24.0 Å². The van der Waals surface area contributed by atoms with Crippen LogP contribution in [-0.4, -0.2) is 51.6 Å². The normalized spacial score (nSPS) is 19.9. The van der Waals surface area contributed by atoms with Gasteiger partial charge in [0.15, 0.2) is 0 Å². The van der Waals surface area contributed by atoms with Crippen LogP contribution in [0.25, 0.3) is 0 Å². The van der Waals surface area contributed by atoms with Crippen LogP contribution in [0.4, 0.5) is 4.79 Å². The minimum Gasteiger partial charge on any atom is -0.352 e. The fraction of sp³-hybridized carbons (Fsp3) is 0.643. The fourth-order valence-electron chi connectivity index (χ4n) is 2.63. The van der Waals surface area contributed by atoms with Crippen molar-refractivity contribution in [2.75, 3.05) is 13.1 Å². The first-order valence-electron chi connectivity index (χ1n) is 7.33. The highest BCUT2D eigenvalue weighted by Crippen LogP contribution is 2.10. The van der Waals surface area contributed by atoms with Crippen LogP contribution in [0.15, 0.2) is 18.7 Å². The molecule has 7 nitrogen and oxygen atoms in total. The molecule has 1 fully saturated rings. The Morgan fingerprint density at radius 3 is 2.95 bits per heavy atom. The van der Waals surface area contributed by atoms with Gasteiger partial charge in [-0.2, -0.15) is 0 Å². The molecule has 2 unspecified atom stereocenters. The zero-order valence-corrected chi connectivity index (χ0v) is 12.6. The van der Waals surface area contributed by atoms with Gasteiger partial charge in [-0.25, -0.2) is 9.78 Å². The van der Waals surface area contributed by atoms with Gasteiger partial charge in [0.05, 0.1) is 6.33 Å². The largest absolute Gasteiger partial charge is 0.352 e. The minimum atomic E-state index is -0.0716. The summed E-state index contributed by atoms with van der Waals surface area (Å²) in [5.74, 6) is -0.0456. The summed E-state index contributed by atoms with van der Waals surface area (Å²) in [6.45, 7) is 5.47. The number of hydrogen-bond donors (Lipinski definition) is 2.